The van der Waals surface area contributed by atoms with E-state index in [1.807, 2.05) is 42.5 Å². The van der Waals surface area contributed by atoms with Crippen molar-refractivity contribution in [1.29, 1.82) is 0 Å². The second-order valence-corrected chi connectivity index (χ2v) is 6.96. The van der Waals surface area contributed by atoms with Crippen LogP contribution in [0.1, 0.15) is 23.1 Å². The molecule has 0 aliphatic heterocycles. The van der Waals surface area contributed by atoms with E-state index in [-0.39, 0.29) is 11.4 Å². The molecular formula is C19H17N5O2S. The first-order valence-electron chi connectivity index (χ1n) is 8.30. The molecule has 0 aliphatic rings. The van der Waals surface area contributed by atoms with Crippen molar-refractivity contribution in [2.45, 2.75) is 17.0 Å². The Balaban J connectivity index is 1.58. The molecule has 8 heteroatoms. The molecule has 0 fully saturated rings. The lowest BCUT2D eigenvalue weighted by Crippen LogP contribution is -2.17. The van der Waals surface area contributed by atoms with Crippen LogP contribution in [0, 0.1) is 0 Å². The molecule has 0 unspecified atom stereocenters. The van der Waals surface area contributed by atoms with Gasteiger partial charge in [-0.2, -0.15) is 0 Å². The van der Waals surface area contributed by atoms with Gasteiger partial charge in [-0.3, -0.25) is 4.79 Å². The summed E-state index contributed by atoms with van der Waals surface area (Å²) in [5.41, 5.74) is 2.20. The predicted molar refractivity (Wildman–Crippen MR) is 105 cm³/mol. The van der Waals surface area contributed by atoms with E-state index < -0.39 is 6.10 Å². The lowest BCUT2D eigenvalue weighted by atomic mass is 10.1. The number of hydrogen-bond acceptors (Lipinski definition) is 6. The van der Waals surface area contributed by atoms with Crippen LogP contribution < -0.4 is 11.4 Å². The fourth-order valence-electron chi connectivity index (χ4n) is 2.90. The highest BCUT2D eigenvalue weighted by Gasteiger charge is 2.20. The highest BCUT2D eigenvalue weighted by atomic mass is 32.2. The highest BCUT2D eigenvalue weighted by Crippen LogP contribution is 2.26. The highest BCUT2D eigenvalue weighted by molar-refractivity contribution is 7.98. The number of pyridine rings is 1. The summed E-state index contributed by atoms with van der Waals surface area (Å²) in [6.07, 6.45) is -0.960. The molecule has 4 N–H and O–H groups in total. The van der Waals surface area contributed by atoms with Crippen LogP contribution in [-0.4, -0.2) is 25.0 Å². The van der Waals surface area contributed by atoms with Gasteiger partial charge in [0.1, 0.15) is 6.10 Å². The molecule has 2 aromatic carbocycles. The number of aliphatic hydroxyl groups is 1. The van der Waals surface area contributed by atoms with Crippen molar-refractivity contribution in [3.63, 3.8) is 0 Å². The van der Waals surface area contributed by atoms with Gasteiger partial charge in [0, 0.05) is 22.7 Å². The van der Waals surface area contributed by atoms with Gasteiger partial charge in [-0.1, -0.05) is 60.3 Å². The standard InChI is InChI=1S/C19H17N5O2S/c20-24-18(17(26)12-6-2-1-3-7-12)22-23-19(24)27-11-13-10-16(25)21-15-9-5-4-8-14(13)15/h1-10,17,26H,11,20H2,(H,21,25)/t17-/m1/s1. The van der Waals surface area contributed by atoms with E-state index in [1.54, 1.807) is 18.2 Å². The van der Waals surface area contributed by atoms with Crippen LogP contribution in [-0.2, 0) is 5.75 Å². The van der Waals surface area contributed by atoms with Crippen LogP contribution in [0.25, 0.3) is 10.9 Å². The van der Waals surface area contributed by atoms with E-state index in [9.17, 15) is 9.90 Å². The van der Waals surface area contributed by atoms with E-state index in [2.05, 4.69) is 15.2 Å². The molecule has 0 saturated heterocycles. The molecule has 2 aromatic heterocycles. The fourth-order valence-corrected chi connectivity index (χ4v) is 3.75. The van der Waals surface area contributed by atoms with E-state index in [1.165, 1.54) is 16.4 Å². The van der Waals surface area contributed by atoms with Gasteiger partial charge in [-0.05, 0) is 17.2 Å². The zero-order chi connectivity index (χ0) is 18.8. The average molecular weight is 379 g/mol. The molecule has 0 radical (unpaired) electrons. The molecule has 27 heavy (non-hydrogen) atoms. The topological polar surface area (TPSA) is 110 Å². The van der Waals surface area contributed by atoms with Crippen LogP contribution in [0.2, 0.25) is 0 Å². The minimum atomic E-state index is -0.960. The van der Waals surface area contributed by atoms with Gasteiger partial charge in [-0.15, -0.1) is 10.2 Å². The second kappa shape index (κ2) is 7.26. The first kappa shape index (κ1) is 17.3. The normalized spacial score (nSPS) is 12.3. The summed E-state index contributed by atoms with van der Waals surface area (Å²) in [6.45, 7) is 0. The number of nitrogens with zero attached hydrogens (tertiary/aromatic N) is 3. The molecule has 0 amide bonds. The minimum Gasteiger partial charge on any atom is -0.380 e. The SMILES string of the molecule is Nn1c(SCc2cc(=O)[nH]c3ccccc23)nnc1[C@H](O)c1ccccc1. The smallest absolute Gasteiger partial charge is 0.248 e. The summed E-state index contributed by atoms with van der Waals surface area (Å²) >= 11 is 1.36. The number of hydrogen-bond donors (Lipinski definition) is 3. The molecule has 0 saturated carbocycles. The molecule has 7 nitrogen and oxygen atoms in total. The maximum Gasteiger partial charge on any atom is 0.248 e. The number of rotatable bonds is 5. The average Bonchev–Trinajstić information content (AvgIpc) is 3.06. The Labute approximate surface area is 158 Å². The zero-order valence-electron chi connectivity index (χ0n) is 14.2. The Morgan fingerprint density at radius 2 is 1.85 bits per heavy atom. The Morgan fingerprint density at radius 1 is 1.11 bits per heavy atom. The molecule has 1 atom stereocenters. The van der Waals surface area contributed by atoms with Gasteiger partial charge >= 0.3 is 0 Å². The van der Waals surface area contributed by atoms with Gasteiger partial charge in [0.2, 0.25) is 10.7 Å². The van der Waals surface area contributed by atoms with E-state index in [0.29, 0.717) is 16.5 Å². The number of aromatic amines is 1. The third-order valence-corrected chi connectivity index (χ3v) is 5.24. The van der Waals surface area contributed by atoms with E-state index in [4.69, 9.17) is 5.84 Å². The summed E-state index contributed by atoms with van der Waals surface area (Å²) in [6, 6.07) is 18.3. The van der Waals surface area contributed by atoms with Crippen molar-refractivity contribution in [2.24, 2.45) is 0 Å². The molecule has 2 heterocycles. The molecule has 136 valence electrons. The second-order valence-electron chi connectivity index (χ2n) is 6.02. The first-order valence-corrected chi connectivity index (χ1v) is 9.29. The molecule has 0 spiro atoms. The largest absolute Gasteiger partial charge is 0.380 e. The number of aromatic nitrogens is 4. The van der Waals surface area contributed by atoms with Crippen molar-refractivity contribution >= 4 is 22.7 Å². The number of benzene rings is 2. The lowest BCUT2D eigenvalue weighted by molar-refractivity contribution is 0.206. The molecule has 0 aliphatic carbocycles. The zero-order valence-corrected chi connectivity index (χ0v) is 15.1. The number of nitrogens with one attached hydrogen (secondary N) is 1. The monoisotopic (exact) mass is 379 g/mol. The predicted octanol–water partition coefficient (Wildman–Crippen LogP) is 2.21. The number of nitrogens with two attached hydrogens (primary N) is 1. The van der Waals surface area contributed by atoms with E-state index >= 15 is 0 Å². The third kappa shape index (κ3) is 3.44. The lowest BCUT2D eigenvalue weighted by Gasteiger charge is -2.10. The first-order chi connectivity index (χ1) is 13.1. The molecule has 4 rings (SSSR count). The summed E-state index contributed by atoms with van der Waals surface area (Å²) in [5.74, 6) is 6.86. The van der Waals surface area contributed by atoms with Crippen molar-refractivity contribution in [3.05, 3.63) is 88.0 Å². The maximum atomic E-state index is 11.9. The Bertz CT molecular complexity index is 1140. The van der Waals surface area contributed by atoms with Gasteiger partial charge < -0.3 is 15.9 Å². The van der Waals surface area contributed by atoms with Crippen LogP contribution in [0.5, 0.6) is 0 Å². The summed E-state index contributed by atoms with van der Waals surface area (Å²) in [5, 5.41) is 20.0. The molecule has 0 bridgehead atoms. The van der Waals surface area contributed by atoms with Gasteiger partial charge in [0.25, 0.3) is 0 Å². The Hall–Kier alpha value is -3.10. The number of aliphatic hydroxyl groups excluding tert-OH is 1. The van der Waals surface area contributed by atoms with Crippen LogP contribution in [0.4, 0.5) is 0 Å². The van der Waals surface area contributed by atoms with Crippen molar-refractivity contribution in [1.82, 2.24) is 19.9 Å². The number of fused-ring (bicyclic) bond motifs is 1. The number of thioether (sulfide) groups is 1. The number of para-hydroxylation sites is 1. The van der Waals surface area contributed by atoms with Crippen LogP contribution in [0.15, 0.2) is 70.6 Å². The fraction of sp³-hybridized carbons (Fsp3) is 0.105. The Morgan fingerprint density at radius 3 is 2.67 bits per heavy atom. The van der Waals surface area contributed by atoms with Gasteiger partial charge in [0.05, 0.1) is 0 Å². The Kier molecular flexibility index (Phi) is 4.66. The summed E-state index contributed by atoms with van der Waals surface area (Å²) in [7, 11) is 0. The van der Waals surface area contributed by atoms with Crippen molar-refractivity contribution < 1.29 is 5.11 Å². The minimum absolute atomic E-state index is 0.154. The van der Waals surface area contributed by atoms with Gasteiger partial charge in [0.15, 0.2) is 5.82 Å². The third-order valence-electron chi connectivity index (χ3n) is 4.24. The van der Waals surface area contributed by atoms with Crippen LogP contribution in [0.3, 0.4) is 0 Å². The van der Waals surface area contributed by atoms with Gasteiger partial charge in [-0.25, -0.2) is 4.68 Å². The number of nitrogen functional groups attached to an aromatic ring is 1. The molecular weight excluding hydrogens is 362 g/mol. The quantitative estimate of drug-likeness (QED) is 0.362. The van der Waals surface area contributed by atoms with Crippen LogP contribution >= 0.6 is 11.8 Å². The van der Waals surface area contributed by atoms with E-state index in [0.717, 1.165) is 16.5 Å². The molecule has 4 aromatic rings. The van der Waals surface area contributed by atoms with Crippen molar-refractivity contribution in [2.75, 3.05) is 5.84 Å². The van der Waals surface area contributed by atoms with Crippen molar-refractivity contribution in [3.8, 4) is 0 Å². The summed E-state index contributed by atoms with van der Waals surface area (Å²) in [4.78, 5) is 14.7. The maximum absolute atomic E-state index is 11.9. The number of H-pyrrole nitrogens is 1. The summed E-state index contributed by atoms with van der Waals surface area (Å²) < 4.78 is 1.29.